The molecule has 6 heteroatoms. The van der Waals surface area contributed by atoms with Crippen molar-refractivity contribution < 1.29 is 0 Å². The highest BCUT2D eigenvalue weighted by molar-refractivity contribution is 7.80. The van der Waals surface area contributed by atoms with E-state index in [0.717, 1.165) is 11.4 Å². The summed E-state index contributed by atoms with van der Waals surface area (Å²) in [5, 5.41) is 4.96. The van der Waals surface area contributed by atoms with Crippen molar-refractivity contribution in [2.75, 3.05) is 0 Å². The molecule has 2 rings (SSSR count). The van der Waals surface area contributed by atoms with E-state index in [2.05, 4.69) is 10.1 Å². The third-order valence-electron chi connectivity index (χ3n) is 2.41. The standard InChI is InChI=1S/C11H11ClN4S/c1-6-10(12)7(2)16(15-6)9-5-3-4-8(14-9)11(13)17/h3-5H,1-2H3,(H2,13,17). The summed E-state index contributed by atoms with van der Waals surface area (Å²) in [5.74, 6) is 0.655. The molecule has 17 heavy (non-hydrogen) atoms. The van der Waals surface area contributed by atoms with Crippen molar-refractivity contribution in [3.8, 4) is 5.82 Å². The van der Waals surface area contributed by atoms with Crippen LogP contribution in [0.2, 0.25) is 5.02 Å². The Labute approximate surface area is 109 Å². The maximum Gasteiger partial charge on any atom is 0.154 e. The van der Waals surface area contributed by atoms with Gasteiger partial charge in [-0.1, -0.05) is 29.9 Å². The Kier molecular flexibility index (Phi) is 3.13. The summed E-state index contributed by atoms with van der Waals surface area (Å²) >= 11 is 11.0. The van der Waals surface area contributed by atoms with E-state index in [-0.39, 0.29) is 4.99 Å². The third-order valence-corrected chi connectivity index (χ3v) is 3.16. The second kappa shape index (κ2) is 4.43. The van der Waals surface area contributed by atoms with Crippen molar-refractivity contribution in [1.29, 1.82) is 0 Å². The monoisotopic (exact) mass is 266 g/mol. The van der Waals surface area contributed by atoms with Gasteiger partial charge < -0.3 is 5.73 Å². The highest BCUT2D eigenvalue weighted by Gasteiger charge is 2.12. The predicted molar refractivity (Wildman–Crippen MR) is 71.7 cm³/mol. The normalized spacial score (nSPS) is 10.5. The lowest BCUT2D eigenvalue weighted by Crippen LogP contribution is -2.13. The molecule has 0 bridgehead atoms. The van der Waals surface area contributed by atoms with E-state index >= 15 is 0 Å². The summed E-state index contributed by atoms with van der Waals surface area (Å²) in [7, 11) is 0. The molecule has 0 aliphatic heterocycles. The number of halogens is 1. The van der Waals surface area contributed by atoms with Gasteiger partial charge in [0.1, 0.15) is 4.99 Å². The second-order valence-corrected chi connectivity index (χ2v) is 4.46. The first-order chi connectivity index (χ1) is 8.00. The molecule has 0 spiro atoms. The molecular weight excluding hydrogens is 256 g/mol. The molecule has 0 saturated carbocycles. The van der Waals surface area contributed by atoms with Crippen LogP contribution in [-0.4, -0.2) is 19.8 Å². The number of aryl methyl sites for hydroxylation is 1. The van der Waals surface area contributed by atoms with E-state index in [9.17, 15) is 0 Å². The van der Waals surface area contributed by atoms with E-state index in [1.807, 2.05) is 26.0 Å². The Bertz CT molecular complexity index is 591. The first kappa shape index (κ1) is 12.0. The molecule has 0 fully saturated rings. The van der Waals surface area contributed by atoms with Gasteiger partial charge in [-0.05, 0) is 26.0 Å². The molecule has 0 aliphatic carbocycles. The SMILES string of the molecule is Cc1nn(-c2cccc(C(N)=S)n2)c(C)c1Cl. The van der Waals surface area contributed by atoms with Crippen LogP contribution < -0.4 is 5.73 Å². The van der Waals surface area contributed by atoms with Gasteiger partial charge in [-0.15, -0.1) is 0 Å². The topological polar surface area (TPSA) is 56.7 Å². The molecule has 2 N–H and O–H groups in total. The van der Waals surface area contributed by atoms with E-state index < -0.39 is 0 Å². The van der Waals surface area contributed by atoms with Gasteiger partial charge >= 0.3 is 0 Å². The Balaban J connectivity index is 2.56. The molecule has 88 valence electrons. The van der Waals surface area contributed by atoms with Gasteiger partial charge in [-0.25, -0.2) is 9.67 Å². The van der Waals surface area contributed by atoms with Crippen LogP contribution in [0.15, 0.2) is 18.2 Å². The molecule has 2 heterocycles. The Morgan fingerprint density at radius 3 is 2.65 bits per heavy atom. The minimum Gasteiger partial charge on any atom is -0.388 e. The van der Waals surface area contributed by atoms with Crippen LogP contribution >= 0.6 is 23.8 Å². The number of hydrogen-bond donors (Lipinski definition) is 1. The van der Waals surface area contributed by atoms with Crippen molar-refractivity contribution in [2.45, 2.75) is 13.8 Å². The fourth-order valence-corrected chi connectivity index (χ4v) is 1.76. The van der Waals surface area contributed by atoms with Crippen molar-refractivity contribution in [3.05, 3.63) is 40.3 Å². The summed E-state index contributed by atoms with van der Waals surface area (Å²) in [5.41, 5.74) is 7.73. The van der Waals surface area contributed by atoms with Crippen molar-refractivity contribution >= 4 is 28.8 Å². The Morgan fingerprint density at radius 2 is 2.12 bits per heavy atom. The molecule has 0 atom stereocenters. The van der Waals surface area contributed by atoms with Gasteiger partial charge in [0, 0.05) is 0 Å². The average Bonchev–Trinajstić information content (AvgIpc) is 2.57. The minimum atomic E-state index is 0.263. The molecule has 0 amide bonds. The van der Waals surface area contributed by atoms with E-state index in [1.54, 1.807) is 10.7 Å². The number of rotatable bonds is 2. The second-order valence-electron chi connectivity index (χ2n) is 3.64. The van der Waals surface area contributed by atoms with E-state index in [1.165, 1.54) is 0 Å². The lowest BCUT2D eigenvalue weighted by atomic mass is 10.3. The molecule has 0 radical (unpaired) electrons. The largest absolute Gasteiger partial charge is 0.388 e. The van der Waals surface area contributed by atoms with Gasteiger partial charge in [0.05, 0.1) is 22.1 Å². The van der Waals surface area contributed by atoms with Crippen LogP contribution in [0.25, 0.3) is 5.82 Å². The first-order valence-corrected chi connectivity index (χ1v) is 5.78. The Morgan fingerprint density at radius 1 is 1.41 bits per heavy atom. The van der Waals surface area contributed by atoms with Crippen LogP contribution in [0.3, 0.4) is 0 Å². The van der Waals surface area contributed by atoms with Crippen molar-refractivity contribution in [1.82, 2.24) is 14.8 Å². The van der Waals surface area contributed by atoms with Crippen LogP contribution in [0.4, 0.5) is 0 Å². The number of nitrogens with two attached hydrogens (primary N) is 1. The number of aromatic nitrogens is 3. The zero-order chi connectivity index (χ0) is 12.6. The highest BCUT2D eigenvalue weighted by atomic mass is 35.5. The fraction of sp³-hybridized carbons (Fsp3) is 0.182. The quantitative estimate of drug-likeness (QED) is 0.847. The summed E-state index contributed by atoms with van der Waals surface area (Å²) in [6.45, 7) is 3.74. The summed E-state index contributed by atoms with van der Waals surface area (Å²) in [6, 6.07) is 5.43. The Hall–Kier alpha value is -1.46. The minimum absolute atomic E-state index is 0.263. The van der Waals surface area contributed by atoms with Crippen molar-refractivity contribution in [3.63, 3.8) is 0 Å². The van der Waals surface area contributed by atoms with Crippen LogP contribution in [-0.2, 0) is 0 Å². The molecule has 0 unspecified atom stereocenters. The van der Waals surface area contributed by atoms with Crippen LogP contribution in [0.5, 0.6) is 0 Å². The van der Waals surface area contributed by atoms with Gasteiger partial charge in [-0.3, -0.25) is 0 Å². The van der Waals surface area contributed by atoms with Gasteiger partial charge in [-0.2, -0.15) is 5.10 Å². The molecule has 0 saturated heterocycles. The molecule has 0 aliphatic rings. The van der Waals surface area contributed by atoms with Gasteiger partial charge in [0.2, 0.25) is 0 Å². The maximum atomic E-state index is 6.09. The predicted octanol–water partition coefficient (Wildman–Crippen LogP) is 2.17. The van der Waals surface area contributed by atoms with Crippen molar-refractivity contribution in [2.24, 2.45) is 5.73 Å². The number of thiocarbonyl (C=S) groups is 1. The maximum absolute atomic E-state index is 6.09. The highest BCUT2D eigenvalue weighted by Crippen LogP contribution is 2.21. The zero-order valence-electron chi connectivity index (χ0n) is 9.44. The first-order valence-electron chi connectivity index (χ1n) is 4.99. The summed E-state index contributed by atoms with van der Waals surface area (Å²) in [4.78, 5) is 4.60. The number of hydrogen-bond acceptors (Lipinski definition) is 3. The average molecular weight is 267 g/mol. The van der Waals surface area contributed by atoms with E-state index in [0.29, 0.717) is 16.5 Å². The lowest BCUT2D eigenvalue weighted by molar-refractivity contribution is 0.805. The lowest BCUT2D eigenvalue weighted by Gasteiger charge is -2.05. The third kappa shape index (κ3) is 2.16. The molecule has 0 aromatic carbocycles. The number of pyridine rings is 1. The van der Waals surface area contributed by atoms with Crippen LogP contribution in [0, 0.1) is 13.8 Å². The molecule has 2 aromatic rings. The molecular formula is C11H11ClN4S. The van der Waals surface area contributed by atoms with Gasteiger partial charge in [0.15, 0.2) is 5.82 Å². The summed E-state index contributed by atoms with van der Waals surface area (Å²) in [6.07, 6.45) is 0. The van der Waals surface area contributed by atoms with E-state index in [4.69, 9.17) is 29.6 Å². The fourth-order valence-electron chi connectivity index (χ4n) is 1.53. The smallest absolute Gasteiger partial charge is 0.154 e. The molecule has 4 nitrogen and oxygen atoms in total. The summed E-state index contributed by atoms with van der Waals surface area (Å²) < 4.78 is 1.68. The molecule has 2 aromatic heterocycles. The zero-order valence-corrected chi connectivity index (χ0v) is 11.0. The van der Waals surface area contributed by atoms with Gasteiger partial charge in [0.25, 0.3) is 0 Å². The number of nitrogens with zero attached hydrogens (tertiary/aromatic N) is 3. The van der Waals surface area contributed by atoms with Crippen LogP contribution in [0.1, 0.15) is 17.1 Å².